The van der Waals surface area contributed by atoms with Gasteiger partial charge in [-0.05, 0) is 44.1 Å². The maximum Gasteiger partial charge on any atom is 0.187 e. The number of hydrazone groups is 1. The molecule has 23 heavy (non-hydrogen) atoms. The summed E-state index contributed by atoms with van der Waals surface area (Å²) in [6.45, 7) is 4.83. The molecular formula is C16H23FN4OS. The smallest absolute Gasteiger partial charge is 0.187 e. The molecule has 0 atom stereocenters. The number of thiocarbonyl (C=S) groups is 1. The molecule has 0 aromatic heterocycles. The summed E-state index contributed by atoms with van der Waals surface area (Å²) < 4.78 is 19.2. The van der Waals surface area contributed by atoms with Gasteiger partial charge in [0.2, 0.25) is 0 Å². The van der Waals surface area contributed by atoms with Crippen molar-refractivity contribution in [3.8, 4) is 0 Å². The lowest BCUT2D eigenvalue weighted by atomic mass is 10.1. The van der Waals surface area contributed by atoms with Gasteiger partial charge < -0.3 is 15.0 Å². The van der Waals surface area contributed by atoms with Gasteiger partial charge in [0.15, 0.2) is 5.11 Å². The summed E-state index contributed by atoms with van der Waals surface area (Å²) >= 11 is 5.09. The Bertz CT molecular complexity index is 573. The molecule has 0 radical (unpaired) electrons. The van der Waals surface area contributed by atoms with Gasteiger partial charge in [0.25, 0.3) is 0 Å². The summed E-state index contributed by atoms with van der Waals surface area (Å²) in [5, 5.41) is 7.55. The zero-order valence-electron chi connectivity index (χ0n) is 13.6. The van der Waals surface area contributed by atoms with E-state index in [1.54, 1.807) is 7.11 Å². The Morgan fingerprint density at radius 3 is 2.78 bits per heavy atom. The minimum absolute atomic E-state index is 0.209. The lowest BCUT2D eigenvalue weighted by molar-refractivity contribution is 0.204. The Balaban J connectivity index is 1.96. The van der Waals surface area contributed by atoms with E-state index in [-0.39, 0.29) is 5.82 Å². The average molecular weight is 338 g/mol. The fraction of sp³-hybridized carbons (Fsp3) is 0.500. The third kappa shape index (κ3) is 5.14. The Kier molecular flexibility index (Phi) is 6.73. The highest BCUT2D eigenvalue weighted by molar-refractivity contribution is 7.80. The summed E-state index contributed by atoms with van der Waals surface area (Å²) in [4.78, 5) is 2.08. The Labute approximate surface area is 141 Å². The number of rotatable bonds is 6. The van der Waals surface area contributed by atoms with Crippen LogP contribution in [0.4, 0.5) is 10.1 Å². The third-order valence-corrected chi connectivity index (χ3v) is 3.96. The van der Waals surface area contributed by atoms with E-state index in [1.807, 2.05) is 19.1 Å². The van der Waals surface area contributed by atoms with Crippen LogP contribution in [-0.2, 0) is 4.74 Å². The van der Waals surface area contributed by atoms with Gasteiger partial charge in [-0.2, -0.15) is 5.10 Å². The Morgan fingerprint density at radius 2 is 2.13 bits per heavy atom. The second-order valence-electron chi connectivity index (χ2n) is 5.42. The first-order valence-electron chi connectivity index (χ1n) is 7.73. The van der Waals surface area contributed by atoms with E-state index in [0.717, 1.165) is 31.5 Å². The van der Waals surface area contributed by atoms with Crippen LogP contribution in [0.25, 0.3) is 0 Å². The Hall–Kier alpha value is -1.73. The van der Waals surface area contributed by atoms with Crippen LogP contribution in [-0.4, -0.2) is 44.2 Å². The van der Waals surface area contributed by atoms with Crippen LogP contribution < -0.4 is 15.6 Å². The number of hydrogen-bond acceptors (Lipinski definition) is 4. The van der Waals surface area contributed by atoms with Crippen molar-refractivity contribution >= 4 is 28.7 Å². The highest BCUT2D eigenvalue weighted by Crippen LogP contribution is 2.24. The predicted molar refractivity (Wildman–Crippen MR) is 95.7 cm³/mol. The molecule has 1 fully saturated rings. The van der Waals surface area contributed by atoms with Crippen LogP contribution in [0, 0.1) is 5.82 Å². The minimum atomic E-state index is -0.209. The predicted octanol–water partition coefficient (Wildman–Crippen LogP) is 2.26. The van der Waals surface area contributed by atoms with Crippen LogP contribution in [0.2, 0.25) is 0 Å². The number of ether oxygens (including phenoxy) is 1. The van der Waals surface area contributed by atoms with Crippen molar-refractivity contribution in [2.24, 2.45) is 5.10 Å². The summed E-state index contributed by atoms with van der Waals surface area (Å²) in [5.74, 6) is -0.209. The second kappa shape index (κ2) is 8.79. The Morgan fingerprint density at radius 1 is 1.39 bits per heavy atom. The molecule has 126 valence electrons. The molecule has 1 aromatic carbocycles. The van der Waals surface area contributed by atoms with Crippen LogP contribution in [0.15, 0.2) is 23.3 Å². The number of anilines is 1. The molecule has 5 nitrogen and oxygen atoms in total. The molecule has 0 bridgehead atoms. The highest BCUT2D eigenvalue weighted by atomic mass is 32.1. The second-order valence-corrected chi connectivity index (χ2v) is 5.83. The van der Waals surface area contributed by atoms with Gasteiger partial charge in [0.1, 0.15) is 5.82 Å². The summed E-state index contributed by atoms with van der Waals surface area (Å²) in [6, 6.07) is 5.23. The van der Waals surface area contributed by atoms with Gasteiger partial charge in [-0.25, -0.2) is 4.39 Å². The van der Waals surface area contributed by atoms with Gasteiger partial charge >= 0.3 is 0 Å². The maximum absolute atomic E-state index is 14.3. The normalized spacial score (nSPS) is 14.9. The van der Waals surface area contributed by atoms with Gasteiger partial charge in [-0.3, -0.25) is 5.43 Å². The lowest BCUT2D eigenvalue weighted by Crippen LogP contribution is -2.34. The number of nitrogens with zero attached hydrogens (tertiary/aromatic N) is 2. The monoisotopic (exact) mass is 338 g/mol. The molecule has 7 heteroatoms. The molecule has 0 spiro atoms. The number of hydrogen-bond donors (Lipinski definition) is 2. The summed E-state index contributed by atoms with van der Waals surface area (Å²) in [7, 11) is 1.63. The summed E-state index contributed by atoms with van der Waals surface area (Å²) in [5.41, 5.74) is 4.83. The number of halogens is 1. The molecule has 0 unspecified atom stereocenters. The van der Waals surface area contributed by atoms with Crippen LogP contribution in [0.1, 0.15) is 25.3 Å². The zero-order valence-corrected chi connectivity index (χ0v) is 14.4. The molecule has 1 heterocycles. The van der Waals surface area contributed by atoms with E-state index in [2.05, 4.69) is 20.7 Å². The van der Waals surface area contributed by atoms with Crippen molar-refractivity contribution in [1.29, 1.82) is 0 Å². The molecule has 1 aliphatic heterocycles. The van der Waals surface area contributed by atoms with Crippen molar-refractivity contribution in [1.82, 2.24) is 10.7 Å². The maximum atomic E-state index is 14.3. The third-order valence-electron chi connectivity index (χ3n) is 3.73. The quantitative estimate of drug-likeness (QED) is 0.361. The van der Waals surface area contributed by atoms with E-state index in [4.69, 9.17) is 17.0 Å². The van der Waals surface area contributed by atoms with Crippen LogP contribution in [0.3, 0.4) is 0 Å². The van der Waals surface area contributed by atoms with E-state index >= 15 is 0 Å². The van der Waals surface area contributed by atoms with Crippen LogP contribution in [0.5, 0.6) is 0 Å². The summed E-state index contributed by atoms with van der Waals surface area (Å²) in [6.07, 6.45) is 2.25. The molecule has 1 aliphatic rings. The highest BCUT2D eigenvalue weighted by Gasteiger charge is 2.16. The first kappa shape index (κ1) is 17.6. The van der Waals surface area contributed by atoms with Gasteiger partial charge in [0.05, 0.1) is 18.0 Å². The molecule has 0 aliphatic carbocycles. The van der Waals surface area contributed by atoms with E-state index in [1.165, 1.54) is 6.07 Å². The molecule has 1 saturated heterocycles. The molecule has 2 rings (SSSR count). The number of methoxy groups -OCH3 is 1. The van der Waals surface area contributed by atoms with Gasteiger partial charge in [-0.15, -0.1) is 0 Å². The fourth-order valence-corrected chi connectivity index (χ4v) is 2.60. The standard InChI is InChI=1S/C16H23FN4OS/c1-12(19-20-16(23)18-7-10-22-2)13-5-6-15(14(17)11-13)21-8-3-4-9-21/h5-6,11H,3-4,7-10H2,1-2H3,(H2,18,20,23)/b19-12-. The van der Waals surface area contributed by atoms with Crippen molar-refractivity contribution in [3.63, 3.8) is 0 Å². The lowest BCUT2D eigenvalue weighted by Gasteiger charge is -2.18. The molecule has 1 aromatic rings. The minimum Gasteiger partial charge on any atom is -0.383 e. The molecule has 0 amide bonds. The SMILES string of the molecule is COCCNC(=S)N/N=C(/C)c1ccc(N2CCCC2)c(F)c1. The first-order chi connectivity index (χ1) is 11.1. The topological polar surface area (TPSA) is 48.9 Å². The van der Waals surface area contributed by atoms with E-state index in [9.17, 15) is 4.39 Å². The zero-order chi connectivity index (χ0) is 16.7. The largest absolute Gasteiger partial charge is 0.383 e. The first-order valence-corrected chi connectivity index (χ1v) is 8.14. The van der Waals surface area contributed by atoms with Crippen molar-refractivity contribution < 1.29 is 9.13 Å². The molecule has 2 N–H and O–H groups in total. The van der Waals surface area contributed by atoms with Crippen LogP contribution >= 0.6 is 12.2 Å². The van der Waals surface area contributed by atoms with Gasteiger partial charge in [0, 0.05) is 32.3 Å². The van der Waals surface area contributed by atoms with E-state index < -0.39 is 0 Å². The van der Waals surface area contributed by atoms with E-state index in [0.29, 0.717) is 29.7 Å². The molecule has 0 saturated carbocycles. The number of benzene rings is 1. The number of nitrogens with one attached hydrogen (secondary N) is 2. The molecular weight excluding hydrogens is 315 g/mol. The fourth-order valence-electron chi connectivity index (χ4n) is 2.45. The van der Waals surface area contributed by atoms with Crippen molar-refractivity contribution in [2.45, 2.75) is 19.8 Å². The van der Waals surface area contributed by atoms with Gasteiger partial charge in [-0.1, -0.05) is 6.07 Å². The van der Waals surface area contributed by atoms with Crippen molar-refractivity contribution in [3.05, 3.63) is 29.6 Å². The average Bonchev–Trinajstić information content (AvgIpc) is 3.07. The van der Waals surface area contributed by atoms with Crippen molar-refractivity contribution in [2.75, 3.05) is 38.3 Å².